The zero-order chi connectivity index (χ0) is 20.6. The van der Waals surface area contributed by atoms with Crippen molar-refractivity contribution in [1.29, 1.82) is 0 Å². The number of likely N-dealkylation sites (N-methyl/N-ethyl adjacent to an activating group) is 1. The molecule has 1 aliphatic rings. The molecule has 1 amide bonds. The van der Waals surface area contributed by atoms with Crippen LogP contribution in [0.1, 0.15) is 25.0 Å². The van der Waals surface area contributed by atoms with Gasteiger partial charge in [0.05, 0.1) is 11.3 Å². The fourth-order valence-corrected chi connectivity index (χ4v) is 4.19. The van der Waals surface area contributed by atoms with Gasteiger partial charge in [-0.15, -0.1) is 0 Å². The van der Waals surface area contributed by atoms with Crippen molar-refractivity contribution >= 4 is 22.4 Å². The van der Waals surface area contributed by atoms with E-state index < -0.39 is 17.3 Å². The standard InChI is InChI=1S/C24H25FN2O2/c1-3-26(4-2)14-15-27-21-11-7-10-20(25)22(21)24(29,23(27)28)19-13-12-17-8-5-6-9-18(17)16-19/h5-13,16,29H,3-4,14-15H2,1-2H3. The Balaban J connectivity index is 1.81. The highest BCUT2D eigenvalue weighted by Gasteiger charge is 2.52. The summed E-state index contributed by atoms with van der Waals surface area (Å²) in [7, 11) is 0. The van der Waals surface area contributed by atoms with Gasteiger partial charge in [0, 0.05) is 13.1 Å². The maximum Gasteiger partial charge on any atom is 0.268 e. The fourth-order valence-electron chi connectivity index (χ4n) is 4.19. The number of anilines is 1. The molecule has 0 aliphatic carbocycles. The van der Waals surface area contributed by atoms with Crippen LogP contribution in [0.15, 0.2) is 60.7 Å². The molecule has 0 saturated carbocycles. The number of hydrogen-bond acceptors (Lipinski definition) is 3. The first kappa shape index (κ1) is 19.6. The lowest BCUT2D eigenvalue weighted by Gasteiger charge is -2.26. The maximum absolute atomic E-state index is 14.9. The Bertz CT molecular complexity index is 1060. The summed E-state index contributed by atoms with van der Waals surface area (Å²) in [6.45, 7) is 6.91. The van der Waals surface area contributed by atoms with Crippen molar-refractivity contribution in [2.45, 2.75) is 19.4 Å². The summed E-state index contributed by atoms with van der Waals surface area (Å²) >= 11 is 0. The summed E-state index contributed by atoms with van der Waals surface area (Å²) in [5, 5.41) is 13.5. The molecule has 3 aromatic carbocycles. The Kier molecular flexibility index (Phi) is 5.11. The normalized spacial score (nSPS) is 18.7. The summed E-state index contributed by atoms with van der Waals surface area (Å²) in [5.74, 6) is -1.07. The predicted molar refractivity (Wildman–Crippen MR) is 113 cm³/mol. The van der Waals surface area contributed by atoms with Gasteiger partial charge < -0.3 is 14.9 Å². The third-order valence-corrected chi connectivity index (χ3v) is 5.90. The number of halogens is 1. The Morgan fingerprint density at radius 3 is 2.45 bits per heavy atom. The summed E-state index contributed by atoms with van der Waals surface area (Å²) in [4.78, 5) is 17.2. The lowest BCUT2D eigenvalue weighted by atomic mass is 9.86. The van der Waals surface area contributed by atoms with E-state index in [1.54, 1.807) is 24.3 Å². The number of carbonyl (C=O) groups is 1. The average Bonchev–Trinajstić information content (AvgIpc) is 2.97. The molecule has 1 N–H and O–H groups in total. The maximum atomic E-state index is 14.9. The largest absolute Gasteiger partial charge is 0.372 e. The highest BCUT2D eigenvalue weighted by molar-refractivity contribution is 6.09. The van der Waals surface area contributed by atoms with E-state index in [2.05, 4.69) is 18.7 Å². The fraction of sp³-hybridized carbons (Fsp3) is 0.292. The van der Waals surface area contributed by atoms with E-state index in [1.807, 2.05) is 30.3 Å². The molecule has 4 nitrogen and oxygen atoms in total. The molecule has 0 aromatic heterocycles. The van der Waals surface area contributed by atoms with Crippen molar-refractivity contribution in [3.63, 3.8) is 0 Å². The number of fused-ring (bicyclic) bond motifs is 2. The van der Waals surface area contributed by atoms with E-state index in [4.69, 9.17) is 0 Å². The number of benzene rings is 3. The molecular weight excluding hydrogens is 367 g/mol. The molecule has 1 aliphatic heterocycles. The minimum Gasteiger partial charge on any atom is -0.372 e. The number of rotatable bonds is 6. The van der Waals surface area contributed by atoms with Crippen LogP contribution in [0.4, 0.5) is 10.1 Å². The van der Waals surface area contributed by atoms with Crippen LogP contribution in [-0.4, -0.2) is 42.1 Å². The molecule has 3 aromatic rings. The Hall–Kier alpha value is -2.76. The highest BCUT2D eigenvalue weighted by atomic mass is 19.1. The Morgan fingerprint density at radius 1 is 1.00 bits per heavy atom. The van der Waals surface area contributed by atoms with Crippen LogP contribution in [0.3, 0.4) is 0 Å². The minimum absolute atomic E-state index is 0.0415. The predicted octanol–water partition coefficient (Wildman–Crippen LogP) is 3.90. The van der Waals surface area contributed by atoms with Gasteiger partial charge >= 0.3 is 0 Å². The third kappa shape index (κ3) is 3.11. The number of amides is 1. The van der Waals surface area contributed by atoms with Crippen molar-refractivity contribution in [1.82, 2.24) is 4.90 Å². The van der Waals surface area contributed by atoms with E-state index in [-0.39, 0.29) is 5.56 Å². The molecule has 0 fully saturated rings. The van der Waals surface area contributed by atoms with E-state index in [0.29, 0.717) is 24.3 Å². The lowest BCUT2D eigenvalue weighted by Crippen LogP contribution is -2.44. The summed E-state index contributed by atoms with van der Waals surface area (Å²) in [6.07, 6.45) is 0. The molecule has 0 radical (unpaired) electrons. The molecule has 150 valence electrons. The van der Waals surface area contributed by atoms with Gasteiger partial charge in [0.2, 0.25) is 0 Å². The van der Waals surface area contributed by atoms with Gasteiger partial charge in [0.25, 0.3) is 5.91 Å². The second kappa shape index (κ2) is 7.58. The lowest BCUT2D eigenvalue weighted by molar-refractivity contribution is -0.132. The van der Waals surface area contributed by atoms with Crippen LogP contribution >= 0.6 is 0 Å². The van der Waals surface area contributed by atoms with Gasteiger partial charge in [-0.3, -0.25) is 4.79 Å². The van der Waals surface area contributed by atoms with E-state index in [1.165, 1.54) is 11.0 Å². The molecule has 29 heavy (non-hydrogen) atoms. The van der Waals surface area contributed by atoms with Crippen molar-refractivity contribution in [2.75, 3.05) is 31.1 Å². The monoisotopic (exact) mass is 392 g/mol. The molecule has 1 unspecified atom stereocenters. The Morgan fingerprint density at radius 2 is 1.72 bits per heavy atom. The third-order valence-electron chi connectivity index (χ3n) is 5.90. The molecule has 0 spiro atoms. The zero-order valence-corrected chi connectivity index (χ0v) is 16.7. The highest BCUT2D eigenvalue weighted by Crippen LogP contribution is 2.46. The van der Waals surface area contributed by atoms with Crippen molar-refractivity contribution in [2.24, 2.45) is 0 Å². The van der Waals surface area contributed by atoms with Crippen LogP contribution in [-0.2, 0) is 10.4 Å². The van der Waals surface area contributed by atoms with Crippen LogP contribution in [0, 0.1) is 5.82 Å². The van der Waals surface area contributed by atoms with Gasteiger partial charge in [0.15, 0.2) is 5.60 Å². The van der Waals surface area contributed by atoms with Gasteiger partial charge in [0.1, 0.15) is 5.82 Å². The SMILES string of the molecule is CCN(CC)CCN1C(=O)C(O)(c2ccc3ccccc3c2)c2c(F)cccc21. The topological polar surface area (TPSA) is 43.8 Å². The van der Waals surface area contributed by atoms with Crippen LogP contribution in [0.5, 0.6) is 0 Å². The first-order valence-corrected chi connectivity index (χ1v) is 10.1. The molecular formula is C24H25FN2O2. The molecule has 4 rings (SSSR count). The summed E-state index contributed by atoms with van der Waals surface area (Å²) in [5.41, 5.74) is -1.16. The summed E-state index contributed by atoms with van der Waals surface area (Å²) in [6, 6.07) is 17.6. The van der Waals surface area contributed by atoms with Crippen molar-refractivity contribution in [3.8, 4) is 0 Å². The molecule has 0 bridgehead atoms. The number of aliphatic hydroxyl groups is 1. The molecule has 1 atom stereocenters. The smallest absolute Gasteiger partial charge is 0.268 e. The molecule has 1 heterocycles. The van der Waals surface area contributed by atoms with Crippen LogP contribution < -0.4 is 4.90 Å². The number of carbonyl (C=O) groups excluding carboxylic acids is 1. The van der Waals surface area contributed by atoms with E-state index >= 15 is 0 Å². The first-order chi connectivity index (χ1) is 14.0. The van der Waals surface area contributed by atoms with Crippen molar-refractivity contribution in [3.05, 3.63) is 77.6 Å². The van der Waals surface area contributed by atoms with Crippen LogP contribution in [0.2, 0.25) is 0 Å². The van der Waals surface area contributed by atoms with Gasteiger partial charge in [-0.2, -0.15) is 0 Å². The average molecular weight is 392 g/mol. The summed E-state index contributed by atoms with van der Waals surface area (Å²) < 4.78 is 14.9. The van der Waals surface area contributed by atoms with Crippen molar-refractivity contribution < 1.29 is 14.3 Å². The Labute approximate surface area is 170 Å². The van der Waals surface area contributed by atoms with Gasteiger partial charge in [-0.05, 0) is 47.6 Å². The van der Waals surface area contributed by atoms with E-state index in [9.17, 15) is 14.3 Å². The zero-order valence-electron chi connectivity index (χ0n) is 16.7. The van der Waals surface area contributed by atoms with Gasteiger partial charge in [-0.1, -0.05) is 56.3 Å². The molecule has 0 saturated heterocycles. The van der Waals surface area contributed by atoms with Crippen LogP contribution in [0.25, 0.3) is 10.8 Å². The second-order valence-corrected chi connectivity index (χ2v) is 7.39. The first-order valence-electron chi connectivity index (χ1n) is 10.1. The quantitative estimate of drug-likeness (QED) is 0.692. The second-order valence-electron chi connectivity index (χ2n) is 7.39. The minimum atomic E-state index is -2.03. The van der Waals surface area contributed by atoms with Gasteiger partial charge in [-0.25, -0.2) is 4.39 Å². The molecule has 5 heteroatoms. The number of nitrogens with zero attached hydrogens (tertiary/aromatic N) is 2. The number of hydrogen-bond donors (Lipinski definition) is 1. The van der Waals surface area contributed by atoms with E-state index in [0.717, 1.165) is 23.9 Å².